The van der Waals surface area contributed by atoms with Gasteiger partial charge in [0.1, 0.15) is 5.82 Å². The summed E-state index contributed by atoms with van der Waals surface area (Å²) in [5, 5.41) is 9.58. The Balaban J connectivity index is 2.09. The molecule has 0 saturated carbocycles. The van der Waals surface area contributed by atoms with Crippen LogP contribution in [0.2, 0.25) is 0 Å². The molecule has 1 aliphatic rings. The second kappa shape index (κ2) is 5.67. The predicted molar refractivity (Wildman–Crippen MR) is 70.9 cm³/mol. The van der Waals surface area contributed by atoms with Crippen LogP contribution in [0.25, 0.3) is 0 Å². The van der Waals surface area contributed by atoms with Gasteiger partial charge in [0.2, 0.25) is 0 Å². The van der Waals surface area contributed by atoms with Crippen LogP contribution in [0, 0.1) is 11.7 Å². The van der Waals surface area contributed by atoms with E-state index in [0.717, 1.165) is 37.2 Å². The molecule has 1 aromatic rings. The Morgan fingerprint density at radius 3 is 2.67 bits per heavy atom. The molecule has 0 spiro atoms. The summed E-state index contributed by atoms with van der Waals surface area (Å²) in [5.74, 6) is 0.140. The molecule has 18 heavy (non-hydrogen) atoms. The fraction of sp³-hybridized carbons (Fsp3) is 0.571. The van der Waals surface area contributed by atoms with Crippen molar-refractivity contribution in [1.82, 2.24) is 0 Å². The van der Waals surface area contributed by atoms with Gasteiger partial charge in [0.25, 0.3) is 0 Å². The monoisotopic (exact) mass is 252 g/mol. The molecule has 0 radical (unpaired) electrons. The molecule has 1 fully saturated rings. The van der Waals surface area contributed by atoms with Gasteiger partial charge in [-0.05, 0) is 49.4 Å². The molecule has 0 aromatic heterocycles. The quantitative estimate of drug-likeness (QED) is 0.863. The third-order valence-electron chi connectivity index (χ3n) is 3.82. The highest BCUT2D eigenvalue weighted by atomic mass is 19.1. The third-order valence-corrected chi connectivity index (χ3v) is 3.82. The molecule has 100 valence electrons. The lowest BCUT2D eigenvalue weighted by Crippen LogP contribution is -2.37. The minimum Gasteiger partial charge on any atom is -0.393 e. The molecule has 4 heteroatoms. The Kier molecular flexibility index (Phi) is 4.19. The van der Waals surface area contributed by atoms with Crippen LogP contribution in [0.1, 0.15) is 25.3 Å². The Bertz CT molecular complexity index is 401. The lowest BCUT2D eigenvalue weighted by atomic mass is 9.91. The highest BCUT2D eigenvalue weighted by Gasteiger charge is 2.23. The van der Waals surface area contributed by atoms with Gasteiger partial charge in [-0.3, -0.25) is 0 Å². The SMILES string of the molecule is CC(O)C1CCN(c2ccc(F)cc2CN)CC1. The van der Waals surface area contributed by atoms with Crippen LogP contribution in [-0.2, 0) is 6.54 Å². The Hall–Kier alpha value is -1.13. The second-order valence-corrected chi connectivity index (χ2v) is 5.04. The third kappa shape index (κ3) is 2.82. The van der Waals surface area contributed by atoms with E-state index >= 15 is 0 Å². The molecule has 1 unspecified atom stereocenters. The average molecular weight is 252 g/mol. The van der Waals surface area contributed by atoms with Crippen molar-refractivity contribution in [1.29, 1.82) is 0 Å². The first kappa shape index (κ1) is 13.3. The van der Waals surface area contributed by atoms with E-state index in [9.17, 15) is 9.50 Å². The number of rotatable bonds is 3. The first-order chi connectivity index (χ1) is 8.61. The molecule has 1 aliphatic heterocycles. The number of aliphatic hydroxyl groups is 1. The van der Waals surface area contributed by atoms with E-state index < -0.39 is 0 Å². The van der Waals surface area contributed by atoms with Gasteiger partial charge in [-0.1, -0.05) is 0 Å². The van der Waals surface area contributed by atoms with Crippen LogP contribution >= 0.6 is 0 Å². The topological polar surface area (TPSA) is 49.5 Å². The van der Waals surface area contributed by atoms with Gasteiger partial charge in [-0.2, -0.15) is 0 Å². The van der Waals surface area contributed by atoms with Gasteiger partial charge in [-0.15, -0.1) is 0 Å². The number of anilines is 1. The number of nitrogens with zero attached hydrogens (tertiary/aromatic N) is 1. The molecule has 1 saturated heterocycles. The molecule has 3 N–H and O–H groups in total. The van der Waals surface area contributed by atoms with Crippen LogP contribution < -0.4 is 10.6 Å². The smallest absolute Gasteiger partial charge is 0.123 e. The molecular formula is C14H21FN2O. The fourth-order valence-electron chi connectivity index (χ4n) is 2.65. The summed E-state index contributed by atoms with van der Waals surface area (Å²) in [6.45, 7) is 4.00. The van der Waals surface area contributed by atoms with Crippen LogP contribution in [0.15, 0.2) is 18.2 Å². The maximum absolute atomic E-state index is 13.2. The lowest BCUT2D eigenvalue weighted by Gasteiger charge is -2.35. The summed E-state index contributed by atoms with van der Waals surface area (Å²) < 4.78 is 13.2. The zero-order valence-electron chi connectivity index (χ0n) is 10.8. The van der Waals surface area contributed by atoms with Gasteiger partial charge < -0.3 is 15.7 Å². The maximum atomic E-state index is 13.2. The van der Waals surface area contributed by atoms with Crippen molar-refractivity contribution < 1.29 is 9.50 Å². The van der Waals surface area contributed by atoms with Crippen LogP contribution in [0.4, 0.5) is 10.1 Å². The van der Waals surface area contributed by atoms with Gasteiger partial charge >= 0.3 is 0 Å². The summed E-state index contributed by atoms with van der Waals surface area (Å²) in [4.78, 5) is 2.24. The second-order valence-electron chi connectivity index (χ2n) is 5.04. The largest absolute Gasteiger partial charge is 0.393 e. The van der Waals surface area contributed by atoms with Crippen molar-refractivity contribution in [2.24, 2.45) is 11.7 Å². The van der Waals surface area contributed by atoms with Crippen molar-refractivity contribution in [3.8, 4) is 0 Å². The molecule has 3 nitrogen and oxygen atoms in total. The van der Waals surface area contributed by atoms with Crippen molar-refractivity contribution in [2.75, 3.05) is 18.0 Å². The van der Waals surface area contributed by atoms with Crippen LogP contribution in [0.5, 0.6) is 0 Å². The van der Waals surface area contributed by atoms with E-state index in [-0.39, 0.29) is 11.9 Å². The number of aliphatic hydroxyl groups excluding tert-OH is 1. The van der Waals surface area contributed by atoms with Crippen molar-refractivity contribution >= 4 is 5.69 Å². The normalized spacial score (nSPS) is 19.0. The molecule has 0 aliphatic carbocycles. The van der Waals surface area contributed by atoms with Crippen LogP contribution in [0.3, 0.4) is 0 Å². The lowest BCUT2D eigenvalue weighted by molar-refractivity contribution is 0.110. The summed E-state index contributed by atoms with van der Waals surface area (Å²) >= 11 is 0. The van der Waals surface area contributed by atoms with Crippen LogP contribution in [-0.4, -0.2) is 24.3 Å². The van der Waals surface area contributed by atoms with E-state index in [1.807, 2.05) is 6.92 Å². The summed E-state index contributed by atoms with van der Waals surface area (Å²) in [6.07, 6.45) is 1.70. The van der Waals surface area contributed by atoms with E-state index in [1.165, 1.54) is 12.1 Å². The number of hydrogen-bond donors (Lipinski definition) is 2. The summed E-state index contributed by atoms with van der Waals surface area (Å²) in [5.41, 5.74) is 7.55. The number of hydrogen-bond acceptors (Lipinski definition) is 3. The predicted octanol–water partition coefficient (Wildman–Crippen LogP) is 1.88. The maximum Gasteiger partial charge on any atom is 0.123 e. The fourth-order valence-corrected chi connectivity index (χ4v) is 2.65. The average Bonchev–Trinajstić information content (AvgIpc) is 2.38. The molecule has 1 aromatic carbocycles. The number of piperidine rings is 1. The highest BCUT2D eigenvalue weighted by Crippen LogP contribution is 2.28. The Labute approximate surface area is 107 Å². The molecule has 1 atom stereocenters. The molecule has 0 amide bonds. The molecule has 0 bridgehead atoms. The molecule has 2 rings (SSSR count). The van der Waals surface area contributed by atoms with Crippen molar-refractivity contribution in [3.63, 3.8) is 0 Å². The molecule has 1 heterocycles. The van der Waals surface area contributed by atoms with E-state index in [2.05, 4.69) is 4.90 Å². The standard InChI is InChI=1S/C14H21FN2O/c1-10(18)11-4-6-17(7-5-11)14-3-2-13(15)8-12(14)9-16/h2-3,8,10-11,18H,4-7,9,16H2,1H3. The van der Waals surface area contributed by atoms with E-state index in [1.54, 1.807) is 6.07 Å². The minimum absolute atomic E-state index is 0.238. The van der Waals surface area contributed by atoms with Crippen molar-refractivity contribution in [3.05, 3.63) is 29.6 Å². The minimum atomic E-state index is -0.241. The van der Waals surface area contributed by atoms with Gasteiger partial charge in [0.05, 0.1) is 6.10 Å². The van der Waals surface area contributed by atoms with Gasteiger partial charge in [0, 0.05) is 25.3 Å². The Morgan fingerprint density at radius 2 is 2.11 bits per heavy atom. The summed E-state index contributed by atoms with van der Waals surface area (Å²) in [7, 11) is 0. The molecular weight excluding hydrogens is 231 g/mol. The number of nitrogens with two attached hydrogens (primary N) is 1. The number of halogens is 1. The zero-order valence-corrected chi connectivity index (χ0v) is 10.8. The van der Waals surface area contributed by atoms with Crippen molar-refractivity contribution in [2.45, 2.75) is 32.4 Å². The van der Waals surface area contributed by atoms with Gasteiger partial charge in [0.15, 0.2) is 0 Å². The van der Waals surface area contributed by atoms with E-state index in [0.29, 0.717) is 12.5 Å². The highest BCUT2D eigenvalue weighted by molar-refractivity contribution is 5.54. The summed E-state index contributed by atoms with van der Waals surface area (Å²) in [6, 6.07) is 4.80. The first-order valence-corrected chi connectivity index (χ1v) is 6.53. The number of benzene rings is 1. The zero-order chi connectivity index (χ0) is 13.1. The Morgan fingerprint density at radius 1 is 1.44 bits per heavy atom. The van der Waals surface area contributed by atoms with E-state index in [4.69, 9.17) is 5.73 Å². The first-order valence-electron chi connectivity index (χ1n) is 6.53. The van der Waals surface area contributed by atoms with Gasteiger partial charge in [-0.25, -0.2) is 4.39 Å².